The SMILES string of the molecule is Cc1cccc(-c2cc(-c3cn(Cc4cccc(C(C)(C)C)n4)nn3)nc(NC(C)(C)CC(=O)O)n2)c1. The highest BCUT2D eigenvalue weighted by Gasteiger charge is 2.24. The van der Waals surface area contributed by atoms with Crippen LogP contribution in [0.25, 0.3) is 22.6 Å². The van der Waals surface area contributed by atoms with Gasteiger partial charge < -0.3 is 10.4 Å². The van der Waals surface area contributed by atoms with Crippen molar-refractivity contribution in [1.82, 2.24) is 29.9 Å². The Labute approximate surface area is 217 Å². The van der Waals surface area contributed by atoms with E-state index in [2.05, 4.69) is 46.4 Å². The van der Waals surface area contributed by atoms with Crippen LogP contribution >= 0.6 is 0 Å². The molecule has 2 N–H and O–H groups in total. The molecule has 0 saturated carbocycles. The maximum atomic E-state index is 11.3. The Morgan fingerprint density at radius 3 is 2.38 bits per heavy atom. The molecule has 9 heteroatoms. The second-order valence-corrected chi connectivity index (χ2v) is 11.0. The summed E-state index contributed by atoms with van der Waals surface area (Å²) in [7, 11) is 0. The molecule has 192 valence electrons. The van der Waals surface area contributed by atoms with Crippen LogP contribution in [0.3, 0.4) is 0 Å². The van der Waals surface area contributed by atoms with Crippen molar-refractivity contribution in [2.45, 2.75) is 65.5 Å². The molecule has 3 aromatic heterocycles. The molecule has 0 aliphatic carbocycles. The van der Waals surface area contributed by atoms with Gasteiger partial charge >= 0.3 is 5.97 Å². The Hall–Kier alpha value is -4.14. The first-order valence-electron chi connectivity index (χ1n) is 12.2. The zero-order valence-electron chi connectivity index (χ0n) is 22.1. The number of pyridine rings is 1. The fourth-order valence-electron chi connectivity index (χ4n) is 3.96. The van der Waals surface area contributed by atoms with Crippen molar-refractivity contribution >= 4 is 11.9 Å². The number of rotatable bonds is 8. The van der Waals surface area contributed by atoms with Gasteiger partial charge in [-0.3, -0.25) is 9.78 Å². The summed E-state index contributed by atoms with van der Waals surface area (Å²) in [6, 6.07) is 15.9. The number of aryl methyl sites for hydroxylation is 1. The molecule has 0 saturated heterocycles. The maximum Gasteiger partial charge on any atom is 0.305 e. The van der Waals surface area contributed by atoms with E-state index in [-0.39, 0.29) is 11.8 Å². The fraction of sp³-hybridized carbons (Fsp3) is 0.357. The summed E-state index contributed by atoms with van der Waals surface area (Å²) in [6.45, 7) is 12.5. The van der Waals surface area contributed by atoms with Crippen molar-refractivity contribution < 1.29 is 9.90 Å². The average molecular weight is 500 g/mol. The highest BCUT2D eigenvalue weighted by atomic mass is 16.4. The summed E-state index contributed by atoms with van der Waals surface area (Å²) >= 11 is 0. The van der Waals surface area contributed by atoms with E-state index in [9.17, 15) is 9.90 Å². The van der Waals surface area contributed by atoms with Crippen LogP contribution in [0.2, 0.25) is 0 Å². The first-order valence-corrected chi connectivity index (χ1v) is 12.2. The summed E-state index contributed by atoms with van der Waals surface area (Å²) < 4.78 is 1.74. The van der Waals surface area contributed by atoms with Crippen molar-refractivity contribution in [1.29, 1.82) is 0 Å². The van der Waals surface area contributed by atoms with Crippen molar-refractivity contribution in [3.8, 4) is 22.6 Å². The first kappa shape index (κ1) is 25.9. The van der Waals surface area contributed by atoms with Gasteiger partial charge in [0.2, 0.25) is 5.95 Å². The molecular weight excluding hydrogens is 466 g/mol. The van der Waals surface area contributed by atoms with E-state index in [0.717, 1.165) is 22.5 Å². The molecular formula is C28H33N7O2. The lowest BCUT2D eigenvalue weighted by atomic mass is 9.91. The second kappa shape index (κ2) is 10.1. The molecule has 0 radical (unpaired) electrons. The summed E-state index contributed by atoms with van der Waals surface area (Å²) in [5, 5.41) is 21.2. The number of nitrogens with one attached hydrogen (secondary N) is 1. The average Bonchev–Trinajstić information content (AvgIpc) is 3.26. The van der Waals surface area contributed by atoms with Crippen molar-refractivity contribution in [3.05, 3.63) is 71.7 Å². The number of aliphatic carboxylic acids is 1. The van der Waals surface area contributed by atoms with Crippen LogP contribution in [0.1, 0.15) is 58.0 Å². The van der Waals surface area contributed by atoms with E-state index >= 15 is 0 Å². The Kier molecular flexibility index (Phi) is 7.07. The van der Waals surface area contributed by atoms with E-state index in [1.165, 1.54) is 0 Å². The Morgan fingerprint density at radius 1 is 0.946 bits per heavy atom. The van der Waals surface area contributed by atoms with Crippen LogP contribution in [-0.4, -0.2) is 46.6 Å². The smallest absolute Gasteiger partial charge is 0.305 e. The summed E-state index contributed by atoms with van der Waals surface area (Å²) in [4.78, 5) is 25.5. The lowest BCUT2D eigenvalue weighted by molar-refractivity contribution is -0.137. The van der Waals surface area contributed by atoms with E-state index < -0.39 is 11.5 Å². The third-order valence-electron chi connectivity index (χ3n) is 5.78. The molecule has 0 unspecified atom stereocenters. The highest BCUT2D eigenvalue weighted by molar-refractivity contribution is 5.70. The van der Waals surface area contributed by atoms with Gasteiger partial charge in [-0.15, -0.1) is 5.10 Å². The third kappa shape index (κ3) is 6.75. The second-order valence-electron chi connectivity index (χ2n) is 11.0. The number of hydrogen-bond donors (Lipinski definition) is 2. The minimum Gasteiger partial charge on any atom is -0.481 e. The van der Waals surface area contributed by atoms with Crippen LogP contribution in [0.5, 0.6) is 0 Å². The molecule has 37 heavy (non-hydrogen) atoms. The first-order chi connectivity index (χ1) is 17.4. The summed E-state index contributed by atoms with van der Waals surface area (Å²) in [5.74, 6) is -0.575. The summed E-state index contributed by atoms with van der Waals surface area (Å²) in [6.07, 6.45) is 1.75. The molecule has 0 aliphatic rings. The molecule has 0 bridgehead atoms. The van der Waals surface area contributed by atoms with Crippen molar-refractivity contribution in [3.63, 3.8) is 0 Å². The van der Waals surface area contributed by atoms with Gasteiger partial charge in [-0.1, -0.05) is 55.8 Å². The van der Waals surface area contributed by atoms with E-state index in [1.54, 1.807) is 18.5 Å². The van der Waals surface area contributed by atoms with Crippen LogP contribution in [0.4, 0.5) is 5.95 Å². The number of benzene rings is 1. The van der Waals surface area contributed by atoms with Gasteiger partial charge in [0, 0.05) is 22.2 Å². The number of nitrogens with zero attached hydrogens (tertiary/aromatic N) is 6. The molecule has 0 amide bonds. The monoisotopic (exact) mass is 499 g/mol. The quantitative estimate of drug-likeness (QED) is 0.343. The molecule has 0 atom stereocenters. The Bertz CT molecular complexity index is 1420. The molecule has 3 heterocycles. The molecule has 4 rings (SSSR count). The lowest BCUT2D eigenvalue weighted by Gasteiger charge is -2.24. The van der Waals surface area contributed by atoms with Gasteiger partial charge in [0.25, 0.3) is 0 Å². The zero-order chi connectivity index (χ0) is 26.8. The normalized spacial score (nSPS) is 11.9. The molecule has 0 spiro atoms. The van der Waals surface area contributed by atoms with E-state index in [0.29, 0.717) is 29.6 Å². The predicted molar refractivity (Wildman–Crippen MR) is 143 cm³/mol. The van der Waals surface area contributed by atoms with Gasteiger partial charge in [0.15, 0.2) is 0 Å². The van der Waals surface area contributed by atoms with Crippen LogP contribution < -0.4 is 5.32 Å². The number of aromatic nitrogens is 6. The highest BCUT2D eigenvalue weighted by Crippen LogP contribution is 2.27. The van der Waals surface area contributed by atoms with Gasteiger partial charge in [0.1, 0.15) is 5.69 Å². The largest absolute Gasteiger partial charge is 0.481 e. The summed E-state index contributed by atoms with van der Waals surface area (Å²) in [5.41, 5.74) is 5.02. The number of anilines is 1. The molecule has 4 aromatic rings. The molecule has 9 nitrogen and oxygen atoms in total. The fourth-order valence-corrected chi connectivity index (χ4v) is 3.96. The van der Waals surface area contributed by atoms with E-state index in [1.807, 2.05) is 61.7 Å². The Balaban J connectivity index is 1.68. The predicted octanol–water partition coefficient (Wildman–Crippen LogP) is 5.12. The maximum absolute atomic E-state index is 11.3. The number of carbonyl (C=O) groups is 1. The molecule has 1 aromatic carbocycles. The van der Waals surface area contributed by atoms with Gasteiger partial charge in [0.05, 0.1) is 36.2 Å². The van der Waals surface area contributed by atoms with Crippen molar-refractivity contribution in [2.24, 2.45) is 0 Å². The number of carboxylic acid groups (broad SMARTS) is 1. The van der Waals surface area contributed by atoms with Crippen LogP contribution in [0, 0.1) is 6.92 Å². The van der Waals surface area contributed by atoms with E-state index in [4.69, 9.17) is 4.98 Å². The topological polar surface area (TPSA) is 119 Å². The van der Waals surface area contributed by atoms with Gasteiger partial charge in [-0.25, -0.2) is 14.6 Å². The number of carboxylic acids is 1. The Morgan fingerprint density at radius 2 is 1.68 bits per heavy atom. The third-order valence-corrected chi connectivity index (χ3v) is 5.78. The van der Waals surface area contributed by atoms with Crippen molar-refractivity contribution in [2.75, 3.05) is 5.32 Å². The van der Waals surface area contributed by atoms with Gasteiger partial charge in [-0.05, 0) is 45.0 Å². The minimum atomic E-state index is -0.903. The van der Waals surface area contributed by atoms with Crippen LogP contribution in [-0.2, 0) is 16.8 Å². The number of hydrogen-bond acceptors (Lipinski definition) is 7. The minimum absolute atomic E-state index is 0.0471. The zero-order valence-corrected chi connectivity index (χ0v) is 22.1. The van der Waals surface area contributed by atoms with Crippen LogP contribution in [0.15, 0.2) is 54.7 Å². The standard InChI is InChI=1S/C28H33N7O2/c1-18-9-7-10-19(13-18)21-14-22(31-26(30-21)32-28(5,6)15-25(36)37)23-17-35(34-33-23)16-20-11-8-12-24(29-20)27(2,3)4/h7-14,17H,15-16H2,1-6H3,(H,36,37)(H,30,31,32). The van der Waals surface area contributed by atoms with Gasteiger partial charge in [-0.2, -0.15) is 0 Å². The lowest BCUT2D eigenvalue weighted by Crippen LogP contribution is -2.34. The molecule has 0 aliphatic heterocycles. The molecule has 0 fully saturated rings.